The second-order valence-electron chi connectivity index (χ2n) is 7.59. The van der Waals surface area contributed by atoms with Crippen LogP contribution in [0.4, 0.5) is 0 Å². The maximum Gasteiger partial charge on any atom is 0.191 e. The van der Waals surface area contributed by atoms with Crippen LogP contribution >= 0.6 is 39.9 Å². The van der Waals surface area contributed by atoms with Gasteiger partial charge in [-0.1, -0.05) is 28.1 Å². The lowest BCUT2D eigenvalue weighted by atomic mass is 9.96. The van der Waals surface area contributed by atoms with E-state index in [4.69, 9.17) is 0 Å². The third kappa shape index (κ3) is 4.54. The van der Waals surface area contributed by atoms with Crippen LogP contribution in [0.2, 0.25) is 0 Å². The van der Waals surface area contributed by atoms with Gasteiger partial charge in [0, 0.05) is 68.8 Å². The topological polar surface area (TPSA) is 42.9 Å². The Labute approximate surface area is 182 Å². The summed E-state index contributed by atoms with van der Waals surface area (Å²) in [6, 6.07) is 9.34. The predicted molar refractivity (Wildman–Crippen MR) is 122 cm³/mol. The van der Waals surface area contributed by atoms with E-state index < -0.39 is 0 Å². The first-order valence-electron chi connectivity index (χ1n) is 9.35. The standard InChI is InChI=1S/C19H28BrN5.HI/c1-21-18(22-12-17-13-24-7-9-25(17)10-8-24)23-14-19(5-6-19)15-3-2-4-16(20)11-15;/h2-4,11,17H,5-10,12-14H2,1H3,(H2,21,22,23);1H. The van der Waals surface area contributed by atoms with Gasteiger partial charge in [-0.25, -0.2) is 0 Å². The van der Waals surface area contributed by atoms with Gasteiger partial charge >= 0.3 is 0 Å². The van der Waals surface area contributed by atoms with Crippen LogP contribution in [0.1, 0.15) is 18.4 Å². The zero-order chi connectivity index (χ0) is 17.3. The summed E-state index contributed by atoms with van der Waals surface area (Å²) in [5.41, 5.74) is 1.70. The van der Waals surface area contributed by atoms with Gasteiger partial charge in [0.1, 0.15) is 0 Å². The van der Waals surface area contributed by atoms with E-state index in [0.29, 0.717) is 6.04 Å². The smallest absolute Gasteiger partial charge is 0.191 e. The van der Waals surface area contributed by atoms with Crippen LogP contribution in [-0.4, -0.2) is 74.7 Å². The Kier molecular flexibility index (Phi) is 6.85. The molecule has 1 atom stereocenters. The molecule has 5 rings (SSSR count). The molecular weight excluding hydrogens is 505 g/mol. The molecule has 2 N–H and O–H groups in total. The number of halogens is 2. The molecule has 5 nitrogen and oxygen atoms in total. The fourth-order valence-electron chi connectivity index (χ4n) is 4.14. The van der Waals surface area contributed by atoms with Crippen molar-refractivity contribution in [1.82, 2.24) is 20.4 Å². The molecule has 3 aliphatic heterocycles. The molecule has 1 aromatic carbocycles. The Morgan fingerprint density at radius 1 is 1.23 bits per heavy atom. The Morgan fingerprint density at radius 2 is 2.00 bits per heavy atom. The molecule has 0 radical (unpaired) electrons. The van der Waals surface area contributed by atoms with E-state index in [9.17, 15) is 0 Å². The van der Waals surface area contributed by atoms with Crippen molar-refractivity contribution in [1.29, 1.82) is 0 Å². The lowest BCUT2D eigenvalue weighted by Crippen LogP contribution is -2.64. The summed E-state index contributed by atoms with van der Waals surface area (Å²) in [5, 5.41) is 7.11. The van der Waals surface area contributed by atoms with Crippen LogP contribution in [0.5, 0.6) is 0 Å². The van der Waals surface area contributed by atoms with Gasteiger partial charge in [0.15, 0.2) is 5.96 Å². The average Bonchev–Trinajstić information content (AvgIpc) is 3.44. The van der Waals surface area contributed by atoms with E-state index in [1.54, 1.807) is 0 Å². The second kappa shape index (κ2) is 8.75. The van der Waals surface area contributed by atoms with Crippen molar-refractivity contribution >= 4 is 45.9 Å². The van der Waals surface area contributed by atoms with Crippen LogP contribution < -0.4 is 10.6 Å². The van der Waals surface area contributed by atoms with Gasteiger partial charge in [0.25, 0.3) is 0 Å². The van der Waals surface area contributed by atoms with Crippen molar-refractivity contribution in [3.8, 4) is 0 Å². The molecule has 0 spiro atoms. The van der Waals surface area contributed by atoms with E-state index in [1.807, 2.05) is 7.05 Å². The lowest BCUT2D eigenvalue weighted by Gasteiger charge is -2.47. The molecule has 26 heavy (non-hydrogen) atoms. The van der Waals surface area contributed by atoms with Gasteiger partial charge < -0.3 is 10.6 Å². The molecule has 1 aromatic rings. The van der Waals surface area contributed by atoms with Crippen LogP contribution in [0, 0.1) is 0 Å². The third-order valence-electron chi connectivity index (χ3n) is 6.01. The van der Waals surface area contributed by atoms with Crippen LogP contribution in [0.3, 0.4) is 0 Å². The molecule has 0 amide bonds. The summed E-state index contributed by atoms with van der Waals surface area (Å²) < 4.78 is 1.16. The molecule has 4 aliphatic rings. The summed E-state index contributed by atoms with van der Waals surface area (Å²) in [4.78, 5) is 9.62. The number of fused-ring (bicyclic) bond motifs is 3. The Morgan fingerprint density at radius 3 is 2.58 bits per heavy atom. The first-order chi connectivity index (χ1) is 12.2. The number of nitrogens with zero attached hydrogens (tertiary/aromatic N) is 3. The highest BCUT2D eigenvalue weighted by atomic mass is 127. The quantitative estimate of drug-likeness (QED) is 0.346. The summed E-state index contributed by atoms with van der Waals surface area (Å²) in [6.45, 7) is 8.00. The Balaban J connectivity index is 0.00000196. The number of aliphatic imine (C=N–C) groups is 1. The molecule has 0 aromatic heterocycles. The molecule has 144 valence electrons. The number of piperazine rings is 3. The van der Waals surface area contributed by atoms with Gasteiger partial charge in [0.2, 0.25) is 0 Å². The van der Waals surface area contributed by atoms with Gasteiger partial charge in [0.05, 0.1) is 0 Å². The highest BCUT2D eigenvalue weighted by molar-refractivity contribution is 14.0. The molecule has 1 unspecified atom stereocenters. The zero-order valence-corrected chi connectivity index (χ0v) is 19.3. The van der Waals surface area contributed by atoms with Crippen LogP contribution in [0.25, 0.3) is 0 Å². The van der Waals surface area contributed by atoms with Crippen molar-refractivity contribution in [2.75, 3.05) is 52.9 Å². The molecule has 3 heterocycles. The Bertz CT molecular complexity index is 641. The van der Waals surface area contributed by atoms with Crippen molar-refractivity contribution in [3.63, 3.8) is 0 Å². The van der Waals surface area contributed by atoms with E-state index in [1.165, 1.54) is 51.1 Å². The van der Waals surface area contributed by atoms with Gasteiger partial charge in [-0.3, -0.25) is 14.8 Å². The number of nitrogens with one attached hydrogen (secondary N) is 2. The van der Waals surface area contributed by atoms with Gasteiger partial charge in [-0.2, -0.15) is 0 Å². The molecule has 1 saturated carbocycles. The Hall–Kier alpha value is -0.380. The van der Waals surface area contributed by atoms with E-state index in [-0.39, 0.29) is 29.4 Å². The summed E-state index contributed by atoms with van der Waals surface area (Å²) >= 11 is 3.60. The van der Waals surface area contributed by atoms with Gasteiger partial charge in [-0.05, 0) is 30.5 Å². The van der Waals surface area contributed by atoms with E-state index in [0.717, 1.165) is 23.5 Å². The van der Waals surface area contributed by atoms with Crippen molar-refractivity contribution < 1.29 is 0 Å². The van der Waals surface area contributed by atoms with Crippen molar-refractivity contribution in [2.24, 2.45) is 4.99 Å². The molecule has 7 heteroatoms. The molecule has 3 saturated heterocycles. The fraction of sp³-hybridized carbons (Fsp3) is 0.632. The normalized spacial score (nSPS) is 29.0. The largest absolute Gasteiger partial charge is 0.356 e. The minimum Gasteiger partial charge on any atom is -0.356 e. The number of guanidine groups is 1. The summed E-state index contributed by atoms with van der Waals surface area (Å²) in [7, 11) is 1.87. The van der Waals surface area contributed by atoms with Crippen molar-refractivity contribution in [2.45, 2.75) is 24.3 Å². The highest BCUT2D eigenvalue weighted by Crippen LogP contribution is 2.48. The molecule has 4 fully saturated rings. The minimum atomic E-state index is 0. The maximum absolute atomic E-state index is 4.43. The summed E-state index contributed by atoms with van der Waals surface area (Å²) in [5.74, 6) is 0.930. The number of hydrogen-bond acceptors (Lipinski definition) is 3. The molecule has 2 bridgehead atoms. The van der Waals surface area contributed by atoms with Crippen LogP contribution in [0.15, 0.2) is 33.7 Å². The third-order valence-corrected chi connectivity index (χ3v) is 6.50. The molecule has 1 aliphatic carbocycles. The maximum atomic E-state index is 4.43. The fourth-order valence-corrected chi connectivity index (χ4v) is 4.54. The number of hydrogen-bond donors (Lipinski definition) is 2. The zero-order valence-electron chi connectivity index (χ0n) is 15.4. The lowest BCUT2D eigenvalue weighted by molar-refractivity contribution is 0.0154. The minimum absolute atomic E-state index is 0. The van der Waals surface area contributed by atoms with Gasteiger partial charge in [-0.15, -0.1) is 24.0 Å². The first-order valence-corrected chi connectivity index (χ1v) is 10.1. The van der Waals surface area contributed by atoms with Crippen LogP contribution in [-0.2, 0) is 5.41 Å². The van der Waals surface area contributed by atoms with Crippen molar-refractivity contribution in [3.05, 3.63) is 34.3 Å². The first kappa shape index (κ1) is 20.4. The number of rotatable bonds is 5. The predicted octanol–water partition coefficient (Wildman–Crippen LogP) is 2.26. The SMILES string of the molecule is CN=C(NCC1CN2CCN1CC2)NCC1(c2cccc(Br)c2)CC1.I. The highest BCUT2D eigenvalue weighted by Gasteiger charge is 2.44. The van der Waals surface area contributed by atoms with E-state index >= 15 is 0 Å². The van der Waals surface area contributed by atoms with E-state index in [2.05, 4.69) is 65.6 Å². The second-order valence-corrected chi connectivity index (χ2v) is 8.50. The summed E-state index contributed by atoms with van der Waals surface area (Å²) in [6.07, 6.45) is 2.50. The monoisotopic (exact) mass is 533 g/mol. The number of benzene rings is 1. The average molecular weight is 534 g/mol. The molecular formula is C19H29BrIN5.